The quantitative estimate of drug-likeness (QED) is 0.689. The molecule has 0 saturated carbocycles. The standard InChI is InChI=1S/C8H5ClN4/c9-8-12-5-11-7(13-8)6-3-1-2-4-10-6/h1-5H. The summed E-state index contributed by atoms with van der Waals surface area (Å²) < 4.78 is 0. The van der Waals surface area contributed by atoms with Gasteiger partial charge >= 0.3 is 0 Å². The molecule has 0 fully saturated rings. The molecule has 2 aromatic rings. The Labute approximate surface area is 79.7 Å². The maximum absolute atomic E-state index is 5.60. The highest BCUT2D eigenvalue weighted by molar-refractivity contribution is 6.28. The van der Waals surface area contributed by atoms with Gasteiger partial charge < -0.3 is 0 Å². The van der Waals surface area contributed by atoms with Crippen LogP contribution in [-0.4, -0.2) is 19.9 Å². The summed E-state index contributed by atoms with van der Waals surface area (Å²) in [4.78, 5) is 15.6. The Morgan fingerprint density at radius 3 is 2.69 bits per heavy atom. The molecule has 64 valence electrons. The minimum Gasteiger partial charge on any atom is -0.253 e. The van der Waals surface area contributed by atoms with E-state index < -0.39 is 0 Å². The third-order valence-electron chi connectivity index (χ3n) is 1.44. The molecule has 0 radical (unpaired) electrons. The van der Waals surface area contributed by atoms with E-state index in [1.807, 2.05) is 18.2 Å². The summed E-state index contributed by atoms with van der Waals surface area (Å²) in [5.41, 5.74) is 0.687. The molecule has 0 saturated heterocycles. The van der Waals surface area contributed by atoms with Crippen molar-refractivity contribution in [1.29, 1.82) is 0 Å². The average molecular weight is 193 g/mol. The molecule has 0 amide bonds. The molecule has 2 heterocycles. The molecule has 2 rings (SSSR count). The Balaban J connectivity index is 2.48. The highest BCUT2D eigenvalue weighted by atomic mass is 35.5. The van der Waals surface area contributed by atoms with E-state index >= 15 is 0 Å². The van der Waals surface area contributed by atoms with Gasteiger partial charge in [-0.15, -0.1) is 0 Å². The SMILES string of the molecule is Clc1ncnc(-c2ccccn2)n1. The number of nitrogens with zero attached hydrogens (tertiary/aromatic N) is 4. The van der Waals surface area contributed by atoms with Crippen LogP contribution in [0, 0.1) is 0 Å². The molecule has 0 unspecified atom stereocenters. The van der Waals surface area contributed by atoms with E-state index in [9.17, 15) is 0 Å². The van der Waals surface area contributed by atoms with Crippen molar-refractivity contribution >= 4 is 11.6 Å². The fraction of sp³-hybridized carbons (Fsp3) is 0. The van der Waals surface area contributed by atoms with Crippen LogP contribution in [0.15, 0.2) is 30.7 Å². The van der Waals surface area contributed by atoms with Crippen molar-refractivity contribution in [2.75, 3.05) is 0 Å². The normalized spacial score (nSPS) is 9.92. The summed E-state index contributed by atoms with van der Waals surface area (Å²) in [6, 6.07) is 5.50. The predicted octanol–water partition coefficient (Wildman–Crippen LogP) is 1.59. The Hall–Kier alpha value is -1.55. The monoisotopic (exact) mass is 192 g/mol. The van der Waals surface area contributed by atoms with Crippen molar-refractivity contribution in [1.82, 2.24) is 19.9 Å². The van der Waals surface area contributed by atoms with Crippen molar-refractivity contribution in [3.63, 3.8) is 0 Å². The smallest absolute Gasteiger partial charge is 0.225 e. The lowest BCUT2D eigenvalue weighted by molar-refractivity contribution is 1.04. The van der Waals surface area contributed by atoms with E-state index in [0.29, 0.717) is 11.5 Å². The number of halogens is 1. The maximum atomic E-state index is 5.60. The van der Waals surface area contributed by atoms with Gasteiger partial charge in [0, 0.05) is 6.20 Å². The van der Waals surface area contributed by atoms with Gasteiger partial charge in [-0.2, -0.15) is 4.98 Å². The highest BCUT2D eigenvalue weighted by Gasteiger charge is 2.01. The predicted molar refractivity (Wildman–Crippen MR) is 48.1 cm³/mol. The van der Waals surface area contributed by atoms with Gasteiger partial charge in [-0.1, -0.05) is 6.07 Å². The molecule has 4 nitrogen and oxygen atoms in total. The second-order valence-electron chi connectivity index (χ2n) is 2.29. The van der Waals surface area contributed by atoms with E-state index in [2.05, 4.69) is 19.9 Å². The number of pyridine rings is 1. The lowest BCUT2D eigenvalue weighted by Gasteiger charge is -1.96. The van der Waals surface area contributed by atoms with Gasteiger partial charge in [-0.3, -0.25) is 4.98 Å². The minimum absolute atomic E-state index is 0.177. The fourth-order valence-corrected chi connectivity index (χ4v) is 1.02. The van der Waals surface area contributed by atoms with Gasteiger partial charge in [0.05, 0.1) is 0 Å². The van der Waals surface area contributed by atoms with Crippen LogP contribution in [-0.2, 0) is 0 Å². The van der Waals surface area contributed by atoms with Crippen LogP contribution in [0.5, 0.6) is 0 Å². The second kappa shape index (κ2) is 3.45. The molecule has 0 aromatic carbocycles. The number of hydrogen-bond donors (Lipinski definition) is 0. The Bertz CT molecular complexity index is 404. The van der Waals surface area contributed by atoms with Gasteiger partial charge in [0.15, 0.2) is 5.82 Å². The number of hydrogen-bond acceptors (Lipinski definition) is 4. The van der Waals surface area contributed by atoms with Crippen LogP contribution in [0.25, 0.3) is 11.5 Å². The van der Waals surface area contributed by atoms with Crippen molar-refractivity contribution in [3.8, 4) is 11.5 Å². The first kappa shape index (κ1) is 8.07. The molecule has 0 aliphatic rings. The summed E-state index contributed by atoms with van der Waals surface area (Å²) >= 11 is 5.60. The summed E-state index contributed by atoms with van der Waals surface area (Å²) in [6.45, 7) is 0. The minimum atomic E-state index is 0.177. The molecule has 13 heavy (non-hydrogen) atoms. The van der Waals surface area contributed by atoms with Crippen LogP contribution < -0.4 is 0 Å². The zero-order chi connectivity index (χ0) is 9.10. The molecular weight excluding hydrogens is 188 g/mol. The molecule has 0 bridgehead atoms. The first-order valence-corrected chi connectivity index (χ1v) is 4.00. The third kappa shape index (κ3) is 1.78. The summed E-state index contributed by atoms with van der Waals surface area (Å²) in [7, 11) is 0. The van der Waals surface area contributed by atoms with Gasteiger partial charge in [0.25, 0.3) is 0 Å². The van der Waals surface area contributed by atoms with E-state index in [0.717, 1.165) is 0 Å². The second-order valence-corrected chi connectivity index (χ2v) is 2.63. The zero-order valence-electron chi connectivity index (χ0n) is 6.55. The molecule has 0 aliphatic heterocycles. The molecular formula is C8H5ClN4. The molecule has 0 spiro atoms. The third-order valence-corrected chi connectivity index (χ3v) is 1.62. The highest BCUT2D eigenvalue weighted by Crippen LogP contribution is 2.10. The number of rotatable bonds is 1. The number of aromatic nitrogens is 4. The summed E-state index contributed by atoms with van der Waals surface area (Å²) in [5.74, 6) is 0.487. The van der Waals surface area contributed by atoms with Gasteiger partial charge in [0.2, 0.25) is 5.28 Å². The van der Waals surface area contributed by atoms with Gasteiger partial charge in [-0.25, -0.2) is 9.97 Å². The van der Waals surface area contributed by atoms with Crippen LogP contribution in [0.3, 0.4) is 0 Å². The Kier molecular flexibility index (Phi) is 2.14. The van der Waals surface area contributed by atoms with Crippen molar-refractivity contribution in [3.05, 3.63) is 36.0 Å². The maximum Gasteiger partial charge on any atom is 0.225 e. The molecule has 5 heteroatoms. The average Bonchev–Trinajstić information content (AvgIpc) is 2.19. The van der Waals surface area contributed by atoms with Gasteiger partial charge in [0.1, 0.15) is 12.0 Å². The van der Waals surface area contributed by atoms with Crippen molar-refractivity contribution in [2.24, 2.45) is 0 Å². The summed E-state index contributed by atoms with van der Waals surface area (Å²) in [5, 5.41) is 0.177. The van der Waals surface area contributed by atoms with Crippen LogP contribution in [0.4, 0.5) is 0 Å². The molecule has 2 aromatic heterocycles. The lowest BCUT2D eigenvalue weighted by Crippen LogP contribution is -1.92. The zero-order valence-corrected chi connectivity index (χ0v) is 7.31. The molecule has 0 aliphatic carbocycles. The summed E-state index contributed by atoms with van der Waals surface area (Å²) in [6.07, 6.45) is 3.03. The Morgan fingerprint density at radius 2 is 2.00 bits per heavy atom. The topological polar surface area (TPSA) is 51.6 Å². The van der Waals surface area contributed by atoms with E-state index in [-0.39, 0.29) is 5.28 Å². The van der Waals surface area contributed by atoms with Crippen LogP contribution in [0.1, 0.15) is 0 Å². The van der Waals surface area contributed by atoms with Crippen molar-refractivity contribution in [2.45, 2.75) is 0 Å². The molecule has 0 N–H and O–H groups in total. The van der Waals surface area contributed by atoms with E-state index in [1.54, 1.807) is 6.20 Å². The fourth-order valence-electron chi connectivity index (χ4n) is 0.895. The first-order chi connectivity index (χ1) is 6.36. The van der Waals surface area contributed by atoms with Crippen molar-refractivity contribution < 1.29 is 0 Å². The van der Waals surface area contributed by atoms with E-state index in [1.165, 1.54) is 6.33 Å². The molecule has 0 atom stereocenters. The van der Waals surface area contributed by atoms with E-state index in [4.69, 9.17) is 11.6 Å². The Morgan fingerprint density at radius 1 is 1.08 bits per heavy atom. The largest absolute Gasteiger partial charge is 0.253 e. The van der Waals surface area contributed by atoms with Gasteiger partial charge in [-0.05, 0) is 23.7 Å². The first-order valence-electron chi connectivity index (χ1n) is 3.62. The van der Waals surface area contributed by atoms with Crippen LogP contribution >= 0.6 is 11.6 Å². The lowest BCUT2D eigenvalue weighted by atomic mass is 10.3. The van der Waals surface area contributed by atoms with Crippen LogP contribution in [0.2, 0.25) is 5.28 Å².